The number of aldehydes is 1. The highest BCUT2D eigenvalue weighted by molar-refractivity contribution is 6.66. The molecule has 1 atom stereocenters. The average molecular weight is 229 g/mol. The van der Waals surface area contributed by atoms with Gasteiger partial charge in [0.15, 0.2) is 0 Å². The first-order chi connectivity index (χ1) is 6.97. The Labute approximate surface area is 92.0 Å². The molecule has 0 fully saturated rings. The third-order valence-corrected chi connectivity index (χ3v) is 2.49. The quantitative estimate of drug-likeness (QED) is 0.453. The van der Waals surface area contributed by atoms with Gasteiger partial charge in [-0.2, -0.15) is 0 Å². The molecule has 0 saturated heterocycles. The largest absolute Gasteiger partial charge is 0.302 e. The Morgan fingerprint density at radius 1 is 1.40 bits per heavy atom. The molecule has 0 bridgehead atoms. The van der Waals surface area contributed by atoms with Crippen molar-refractivity contribution >= 4 is 23.1 Å². The standard InChI is InChI=1S/C11H10ClFO2/c1-6-3-8(13)4-7(2)10(6)9(5-14)11(12)15/h3-5,9H,1-2H3. The first-order valence-electron chi connectivity index (χ1n) is 4.38. The molecule has 0 aliphatic carbocycles. The summed E-state index contributed by atoms with van der Waals surface area (Å²) in [4.78, 5) is 21.7. The predicted molar refractivity (Wildman–Crippen MR) is 55.5 cm³/mol. The number of benzene rings is 1. The number of aryl methyl sites for hydroxylation is 2. The Bertz CT molecular complexity index is 392. The molecule has 1 aromatic rings. The summed E-state index contributed by atoms with van der Waals surface area (Å²) in [5.41, 5.74) is 1.60. The number of carbonyl (C=O) groups is 2. The lowest BCUT2D eigenvalue weighted by Crippen LogP contribution is -2.12. The molecule has 1 rings (SSSR count). The first kappa shape index (κ1) is 11.9. The zero-order chi connectivity index (χ0) is 11.6. The zero-order valence-electron chi connectivity index (χ0n) is 8.38. The fourth-order valence-electron chi connectivity index (χ4n) is 1.65. The molecule has 1 unspecified atom stereocenters. The average Bonchev–Trinajstić information content (AvgIpc) is 2.09. The number of hydrogen-bond donors (Lipinski definition) is 0. The van der Waals surface area contributed by atoms with E-state index in [0.29, 0.717) is 23.0 Å². The molecule has 1 aromatic carbocycles. The van der Waals surface area contributed by atoms with E-state index in [2.05, 4.69) is 0 Å². The number of rotatable bonds is 3. The van der Waals surface area contributed by atoms with Crippen LogP contribution in [0.4, 0.5) is 4.39 Å². The van der Waals surface area contributed by atoms with Crippen LogP contribution in [-0.2, 0) is 9.59 Å². The summed E-state index contributed by atoms with van der Waals surface area (Å²) >= 11 is 5.30. The monoisotopic (exact) mass is 228 g/mol. The van der Waals surface area contributed by atoms with E-state index < -0.39 is 11.2 Å². The van der Waals surface area contributed by atoms with Gasteiger partial charge in [0.1, 0.15) is 18.0 Å². The summed E-state index contributed by atoms with van der Waals surface area (Å²) < 4.78 is 13.0. The van der Waals surface area contributed by atoms with Gasteiger partial charge < -0.3 is 4.79 Å². The van der Waals surface area contributed by atoms with Crippen LogP contribution in [0, 0.1) is 19.7 Å². The van der Waals surface area contributed by atoms with Crippen LogP contribution in [-0.4, -0.2) is 11.5 Å². The van der Waals surface area contributed by atoms with Crippen molar-refractivity contribution in [3.05, 3.63) is 34.6 Å². The predicted octanol–water partition coefficient (Wildman–Crippen LogP) is 2.49. The molecular formula is C11H10ClFO2. The van der Waals surface area contributed by atoms with Crippen molar-refractivity contribution in [2.45, 2.75) is 19.8 Å². The van der Waals surface area contributed by atoms with Crippen molar-refractivity contribution in [1.82, 2.24) is 0 Å². The number of carbonyl (C=O) groups excluding carboxylic acids is 2. The van der Waals surface area contributed by atoms with E-state index in [1.807, 2.05) is 0 Å². The minimum atomic E-state index is -1.01. The zero-order valence-corrected chi connectivity index (χ0v) is 9.14. The van der Waals surface area contributed by atoms with Crippen molar-refractivity contribution in [3.8, 4) is 0 Å². The molecule has 4 heteroatoms. The Morgan fingerprint density at radius 3 is 2.20 bits per heavy atom. The topological polar surface area (TPSA) is 34.1 Å². The molecule has 15 heavy (non-hydrogen) atoms. The van der Waals surface area contributed by atoms with Crippen LogP contribution in [0.5, 0.6) is 0 Å². The molecule has 0 saturated carbocycles. The van der Waals surface area contributed by atoms with Crippen LogP contribution in [0.3, 0.4) is 0 Å². The molecule has 0 aromatic heterocycles. The van der Waals surface area contributed by atoms with Crippen molar-refractivity contribution in [2.24, 2.45) is 0 Å². The van der Waals surface area contributed by atoms with E-state index in [9.17, 15) is 14.0 Å². The third-order valence-electron chi connectivity index (χ3n) is 2.25. The smallest absolute Gasteiger partial charge is 0.236 e. The van der Waals surface area contributed by atoms with E-state index in [0.717, 1.165) is 0 Å². The first-order valence-corrected chi connectivity index (χ1v) is 4.76. The second kappa shape index (κ2) is 4.53. The van der Waals surface area contributed by atoms with Gasteiger partial charge in [-0.15, -0.1) is 0 Å². The van der Waals surface area contributed by atoms with Gasteiger partial charge in [0, 0.05) is 0 Å². The lowest BCUT2D eigenvalue weighted by atomic mass is 9.92. The number of hydrogen-bond acceptors (Lipinski definition) is 2. The van der Waals surface area contributed by atoms with Gasteiger partial charge in [-0.25, -0.2) is 4.39 Å². The molecular weight excluding hydrogens is 219 g/mol. The van der Waals surface area contributed by atoms with Crippen molar-refractivity contribution in [3.63, 3.8) is 0 Å². The fourth-order valence-corrected chi connectivity index (χ4v) is 1.81. The van der Waals surface area contributed by atoms with Gasteiger partial charge in [-0.3, -0.25) is 4.79 Å². The second-order valence-electron chi connectivity index (χ2n) is 3.37. The highest BCUT2D eigenvalue weighted by atomic mass is 35.5. The van der Waals surface area contributed by atoms with E-state index in [1.165, 1.54) is 12.1 Å². The highest BCUT2D eigenvalue weighted by Crippen LogP contribution is 2.25. The van der Waals surface area contributed by atoms with E-state index in [-0.39, 0.29) is 5.82 Å². The van der Waals surface area contributed by atoms with Gasteiger partial charge in [-0.05, 0) is 54.3 Å². The second-order valence-corrected chi connectivity index (χ2v) is 3.74. The molecule has 0 spiro atoms. The summed E-state index contributed by atoms with van der Waals surface area (Å²) in [6, 6.07) is 2.55. The Kier molecular flexibility index (Phi) is 3.58. The molecule has 80 valence electrons. The Hall–Kier alpha value is -1.22. The highest BCUT2D eigenvalue weighted by Gasteiger charge is 2.22. The minimum absolute atomic E-state index is 0.388. The van der Waals surface area contributed by atoms with Crippen LogP contribution < -0.4 is 0 Å². The molecule has 2 nitrogen and oxygen atoms in total. The van der Waals surface area contributed by atoms with Gasteiger partial charge in [0.25, 0.3) is 0 Å². The molecule has 0 aliphatic heterocycles. The van der Waals surface area contributed by atoms with Gasteiger partial charge in [0.2, 0.25) is 5.24 Å². The summed E-state index contributed by atoms with van der Waals surface area (Å²) in [7, 11) is 0. The van der Waals surface area contributed by atoms with Gasteiger partial charge in [0.05, 0.1) is 0 Å². The molecule has 0 amide bonds. The van der Waals surface area contributed by atoms with Crippen molar-refractivity contribution in [2.75, 3.05) is 0 Å². The van der Waals surface area contributed by atoms with Crippen molar-refractivity contribution < 1.29 is 14.0 Å². The lowest BCUT2D eigenvalue weighted by Gasteiger charge is -2.13. The number of halogens is 2. The lowest BCUT2D eigenvalue weighted by molar-refractivity contribution is -0.118. The van der Waals surface area contributed by atoms with Crippen LogP contribution in [0.1, 0.15) is 22.6 Å². The Morgan fingerprint density at radius 2 is 1.87 bits per heavy atom. The maximum Gasteiger partial charge on any atom is 0.236 e. The molecule has 0 heterocycles. The third kappa shape index (κ3) is 2.42. The van der Waals surface area contributed by atoms with Crippen LogP contribution in [0.25, 0.3) is 0 Å². The van der Waals surface area contributed by atoms with Crippen LogP contribution >= 0.6 is 11.6 Å². The normalized spacial score (nSPS) is 12.3. The van der Waals surface area contributed by atoms with Crippen LogP contribution in [0.2, 0.25) is 0 Å². The Balaban J connectivity index is 3.35. The van der Waals surface area contributed by atoms with Gasteiger partial charge in [-0.1, -0.05) is 0 Å². The van der Waals surface area contributed by atoms with E-state index >= 15 is 0 Å². The minimum Gasteiger partial charge on any atom is -0.302 e. The summed E-state index contributed by atoms with van der Waals surface area (Å²) in [6.07, 6.45) is 0.475. The maximum atomic E-state index is 13.0. The van der Waals surface area contributed by atoms with Gasteiger partial charge >= 0.3 is 0 Å². The molecule has 0 N–H and O–H groups in total. The summed E-state index contributed by atoms with van der Waals surface area (Å²) in [5, 5.41) is -0.747. The summed E-state index contributed by atoms with van der Waals surface area (Å²) in [5.74, 6) is -1.40. The summed E-state index contributed by atoms with van der Waals surface area (Å²) in [6.45, 7) is 3.28. The van der Waals surface area contributed by atoms with Crippen LogP contribution in [0.15, 0.2) is 12.1 Å². The SMILES string of the molecule is Cc1cc(F)cc(C)c1C(C=O)C(=O)Cl. The van der Waals surface area contributed by atoms with Crippen molar-refractivity contribution in [1.29, 1.82) is 0 Å². The fraction of sp³-hybridized carbons (Fsp3) is 0.273. The maximum absolute atomic E-state index is 13.0. The molecule has 0 radical (unpaired) electrons. The van der Waals surface area contributed by atoms with E-state index in [4.69, 9.17) is 11.6 Å². The molecule has 0 aliphatic rings. The van der Waals surface area contributed by atoms with E-state index in [1.54, 1.807) is 13.8 Å².